The monoisotopic (exact) mass is 503 g/mol. The van der Waals surface area contributed by atoms with E-state index in [9.17, 15) is 9.59 Å². The molecule has 8 heteroatoms. The fourth-order valence-electron chi connectivity index (χ4n) is 3.18. The maximum Gasteiger partial charge on any atom is 0.410 e. The van der Waals surface area contributed by atoms with E-state index in [0.717, 1.165) is 9.99 Å². The van der Waals surface area contributed by atoms with Crippen LogP contribution in [-0.4, -0.2) is 59.3 Å². The SMILES string of the molecule is CCN(C(=O)OC(C)(C)C)C1CCN(c2nccc(I)c2C(=O)OC(C)C)C1. The highest BCUT2D eigenvalue weighted by molar-refractivity contribution is 14.1. The Labute approximate surface area is 180 Å². The highest BCUT2D eigenvalue weighted by Gasteiger charge is 2.35. The third-order valence-corrected chi connectivity index (χ3v) is 5.20. The fraction of sp³-hybridized carbons (Fsp3) is 0.650. The van der Waals surface area contributed by atoms with Crippen LogP contribution in [0.15, 0.2) is 12.3 Å². The molecular weight excluding hydrogens is 473 g/mol. The summed E-state index contributed by atoms with van der Waals surface area (Å²) in [6.07, 6.45) is 1.98. The van der Waals surface area contributed by atoms with Crippen LogP contribution in [0.3, 0.4) is 0 Å². The first-order valence-corrected chi connectivity index (χ1v) is 10.7. The molecule has 1 saturated heterocycles. The predicted molar refractivity (Wildman–Crippen MR) is 117 cm³/mol. The van der Waals surface area contributed by atoms with Gasteiger partial charge in [0.25, 0.3) is 0 Å². The Kier molecular flexibility index (Phi) is 7.52. The first kappa shape index (κ1) is 22.7. The molecule has 156 valence electrons. The summed E-state index contributed by atoms with van der Waals surface area (Å²) in [5.41, 5.74) is -0.0500. The number of nitrogens with zero attached hydrogens (tertiary/aromatic N) is 3. The molecule has 1 atom stereocenters. The summed E-state index contributed by atoms with van der Waals surface area (Å²) < 4.78 is 11.8. The second-order valence-corrected chi connectivity index (χ2v) is 9.26. The second kappa shape index (κ2) is 9.28. The molecular formula is C20H30IN3O4. The van der Waals surface area contributed by atoms with Crippen molar-refractivity contribution in [3.05, 3.63) is 21.4 Å². The Balaban J connectivity index is 2.20. The van der Waals surface area contributed by atoms with Gasteiger partial charge in [0.1, 0.15) is 17.0 Å². The molecule has 0 aromatic carbocycles. The van der Waals surface area contributed by atoms with E-state index < -0.39 is 5.60 Å². The predicted octanol–water partition coefficient (Wildman–Crippen LogP) is 4.09. The van der Waals surface area contributed by atoms with Crippen LogP contribution in [0.4, 0.5) is 10.6 Å². The van der Waals surface area contributed by atoms with E-state index in [1.54, 1.807) is 17.2 Å². The van der Waals surface area contributed by atoms with Crippen LogP contribution in [0, 0.1) is 3.57 Å². The average Bonchev–Trinajstić information content (AvgIpc) is 3.02. The van der Waals surface area contributed by atoms with E-state index in [4.69, 9.17) is 9.47 Å². The lowest BCUT2D eigenvalue weighted by Crippen LogP contribution is -2.44. The zero-order valence-electron chi connectivity index (χ0n) is 17.5. The first-order chi connectivity index (χ1) is 13.0. The van der Waals surface area contributed by atoms with Gasteiger partial charge in [-0.05, 0) is 76.6 Å². The van der Waals surface area contributed by atoms with Crippen LogP contribution in [0.5, 0.6) is 0 Å². The van der Waals surface area contributed by atoms with Crippen molar-refractivity contribution >= 4 is 40.5 Å². The van der Waals surface area contributed by atoms with Crippen molar-refractivity contribution in [3.8, 4) is 0 Å². The molecule has 1 aromatic rings. The van der Waals surface area contributed by atoms with Crippen molar-refractivity contribution < 1.29 is 19.1 Å². The maximum atomic E-state index is 12.6. The van der Waals surface area contributed by atoms with Crippen molar-refractivity contribution in [2.75, 3.05) is 24.5 Å². The minimum atomic E-state index is -0.534. The molecule has 2 rings (SSSR count). The molecule has 1 aliphatic heterocycles. The topological polar surface area (TPSA) is 72.0 Å². The van der Waals surface area contributed by atoms with Crippen LogP contribution in [0.2, 0.25) is 0 Å². The van der Waals surface area contributed by atoms with E-state index in [1.165, 1.54) is 0 Å². The summed E-state index contributed by atoms with van der Waals surface area (Å²) in [4.78, 5) is 33.4. The van der Waals surface area contributed by atoms with E-state index in [1.807, 2.05) is 41.5 Å². The highest BCUT2D eigenvalue weighted by Crippen LogP contribution is 2.29. The zero-order chi connectivity index (χ0) is 21.1. The van der Waals surface area contributed by atoms with Gasteiger partial charge in [-0.15, -0.1) is 0 Å². The smallest absolute Gasteiger partial charge is 0.410 e. The van der Waals surface area contributed by atoms with Crippen LogP contribution in [0.25, 0.3) is 0 Å². The zero-order valence-corrected chi connectivity index (χ0v) is 19.6. The number of esters is 1. The highest BCUT2D eigenvalue weighted by atomic mass is 127. The molecule has 1 aliphatic rings. The van der Waals surface area contributed by atoms with Gasteiger partial charge < -0.3 is 19.3 Å². The largest absolute Gasteiger partial charge is 0.459 e. The van der Waals surface area contributed by atoms with Crippen molar-refractivity contribution in [1.82, 2.24) is 9.88 Å². The Morgan fingerprint density at radius 1 is 1.39 bits per heavy atom. The second-order valence-electron chi connectivity index (χ2n) is 8.10. The van der Waals surface area contributed by atoms with Gasteiger partial charge in [-0.2, -0.15) is 0 Å². The minimum absolute atomic E-state index is 0.00786. The molecule has 2 heterocycles. The van der Waals surface area contributed by atoms with E-state index >= 15 is 0 Å². The summed E-state index contributed by atoms with van der Waals surface area (Å²) in [6, 6.07) is 1.81. The van der Waals surface area contributed by atoms with Crippen LogP contribution in [0.1, 0.15) is 58.3 Å². The number of carbonyl (C=O) groups excluding carboxylic acids is 2. The summed E-state index contributed by atoms with van der Waals surface area (Å²) >= 11 is 2.13. The lowest BCUT2D eigenvalue weighted by atomic mass is 10.2. The van der Waals surface area contributed by atoms with Gasteiger partial charge in [0, 0.05) is 29.4 Å². The molecule has 1 amide bonds. The Morgan fingerprint density at radius 3 is 2.64 bits per heavy atom. The van der Waals surface area contributed by atoms with E-state index in [2.05, 4.69) is 32.5 Å². The Hall–Kier alpha value is -1.58. The lowest BCUT2D eigenvalue weighted by molar-refractivity contribution is 0.0190. The number of carbonyl (C=O) groups is 2. The number of likely N-dealkylation sites (N-methyl/N-ethyl adjacent to an activating group) is 1. The number of rotatable bonds is 5. The van der Waals surface area contributed by atoms with Gasteiger partial charge in [0.05, 0.1) is 12.1 Å². The molecule has 0 bridgehead atoms. The number of ether oxygens (including phenoxy) is 2. The summed E-state index contributed by atoms with van der Waals surface area (Å²) in [5.74, 6) is 0.241. The van der Waals surface area contributed by atoms with Gasteiger partial charge in [0.2, 0.25) is 0 Å². The average molecular weight is 503 g/mol. The Bertz CT molecular complexity index is 718. The third-order valence-electron chi connectivity index (χ3n) is 4.30. The molecule has 28 heavy (non-hydrogen) atoms. The minimum Gasteiger partial charge on any atom is -0.459 e. The number of hydrogen-bond acceptors (Lipinski definition) is 6. The molecule has 0 N–H and O–H groups in total. The van der Waals surface area contributed by atoms with Crippen LogP contribution in [-0.2, 0) is 9.47 Å². The van der Waals surface area contributed by atoms with Crippen molar-refractivity contribution in [2.45, 2.75) is 65.7 Å². The van der Waals surface area contributed by atoms with Gasteiger partial charge in [0.15, 0.2) is 0 Å². The van der Waals surface area contributed by atoms with Gasteiger partial charge in [-0.1, -0.05) is 0 Å². The third kappa shape index (κ3) is 5.71. The number of amides is 1. The first-order valence-electron chi connectivity index (χ1n) is 9.63. The van der Waals surface area contributed by atoms with Gasteiger partial charge >= 0.3 is 12.1 Å². The number of halogens is 1. The number of anilines is 1. The molecule has 0 saturated carbocycles. The van der Waals surface area contributed by atoms with E-state index in [0.29, 0.717) is 31.0 Å². The fourth-order valence-corrected chi connectivity index (χ4v) is 3.80. The van der Waals surface area contributed by atoms with Crippen molar-refractivity contribution in [3.63, 3.8) is 0 Å². The Morgan fingerprint density at radius 2 is 2.07 bits per heavy atom. The molecule has 0 radical (unpaired) electrons. The summed E-state index contributed by atoms with van der Waals surface area (Å²) in [6.45, 7) is 13.1. The molecule has 0 aliphatic carbocycles. The summed E-state index contributed by atoms with van der Waals surface area (Å²) in [5, 5.41) is 0. The van der Waals surface area contributed by atoms with Gasteiger partial charge in [-0.3, -0.25) is 0 Å². The molecule has 1 unspecified atom stereocenters. The standard InChI is InChI=1S/C20H30IN3O4/c1-7-24(19(26)28-20(4,5)6)14-9-11-23(12-14)17-16(15(21)8-10-22-17)18(25)27-13(2)3/h8,10,13-14H,7,9,11-12H2,1-6H3. The molecule has 1 aromatic heterocycles. The van der Waals surface area contributed by atoms with Crippen molar-refractivity contribution in [1.29, 1.82) is 0 Å². The molecule has 0 spiro atoms. The normalized spacial score (nSPS) is 17.0. The maximum absolute atomic E-state index is 12.6. The molecule has 7 nitrogen and oxygen atoms in total. The van der Waals surface area contributed by atoms with E-state index in [-0.39, 0.29) is 24.2 Å². The lowest BCUT2D eigenvalue weighted by Gasteiger charge is -2.31. The number of pyridine rings is 1. The number of hydrogen-bond donors (Lipinski definition) is 0. The van der Waals surface area contributed by atoms with Gasteiger partial charge in [-0.25, -0.2) is 14.6 Å². The quantitative estimate of drug-likeness (QED) is 0.446. The summed E-state index contributed by atoms with van der Waals surface area (Å²) in [7, 11) is 0. The van der Waals surface area contributed by atoms with Crippen molar-refractivity contribution in [2.24, 2.45) is 0 Å². The molecule has 1 fully saturated rings. The number of aromatic nitrogens is 1. The van der Waals surface area contributed by atoms with Crippen LogP contribution >= 0.6 is 22.6 Å². The van der Waals surface area contributed by atoms with Crippen LogP contribution < -0.4 is 4.90 Å².